The van der Waals surface area contributed by atoms with Gasteiger partial charge in [0.15, 0.2) is 0 Å². The van der Waals surface area contributed by atoms with Crippen LogP contribution in [-0.4, -0.2) is 27.9 Å². The van der Waals surface area contributed by atoms with E-state index in [4.69, 9.17) is 5.26 Å². The van der Waals surface area contributed by atoms with Gasteiger partial charge in [-0.2, -0.15) is 10.4 Å². The van der Waals surface area contributed by atoms with E-state index in [0.29, 0.717) is 18.0 Å². The van der Waals surface area contributed by atoms with Crippen molar-refractivity contribution in [3.8, 4) is 6.07 Å². The van der Waals surface area contributed by atoms with Crippen molar-refractivity contribution in [3.05, 3.63) is 52.6 Å². The molecule has 100 valence electrons. The van der Waals surface area contributed by atoms with Crippen LogP contribution >= 0.6 is 0 Å². The number of pyridine rings is 1. The molecule has 20 heavy (non-hydrogen) atoms. The summed E-state index contributed by atoms with van der Waals surface area (Å²) in [5, 5.41) is 13.1. The topological polar surface area (TPSA) is 74.8 Å². The van der Waals surface area contributed by atoms with Crippen LogP contribution in [0, 0.1) is 17.2 Å². The minimum absolute atomic E-state index is 0.0819. The van der Waals surface area contributed by atoms with Gasteiger partial charge in [0, 0.05) is 37.5 Å². The molecule has 2 aromatic heterocycles. The number of hydrogen-bond acceptors (Lipinski definition) is 5. The molecule has 1 aliphatic rings. The minimum atomic E-state index is -0.0819. The average Bonchev–Trinajstić information content (AvgIpc) is 2.44. The third kappa shape index (κ3) is 2.26. The van der Waals surface area contributed by atoms with E-state index in [1.807, 2.05) is 0 Å². The van der Waals surface area contributed by atoms with Crippen molar-refractivity contribution in [1.82, 2.24) is 14.8 Å². The zero-order valence-corrected chi connectivity index (χ0v) is 10.8. The van der Waals surface area contributed by atoms with Gasteiger partial charge >= 0.3 is 0 Å². The van der Waals surface area contributed by atoms with E-state index in [9.17, 15) is 4.79 Å². The fourth-order valence-corrected chi connectivity index (χ4v) is 2.36. The van der Waals surface area contributed by atoms with Gasteiger partial charge in [0.1, 0.15) is 11.9 Å². The maximum absolute atomic E-state index is 11.6. The molecule has 0 aliphatic carbocycles. The Morgan fingerprint density at radius 3 is 2.85 bits per heavy atom. The third-order valence-corrected chi connectivity index (χ3v) is 3.38. The predicted octanol–water partition coefficient (Wildman–Crippen LogP) is 0.646. The highest BCUT2D eigenvalue weighted by atomic mass is 16.1. The molecule has 3 heterocycles. The summed E-state index contributed by atoms with van der Waals surface area (Å²) in [5.74, 6) is 1.08. The van der Waals surface area contributed by atoms with E-state index in [2.05, 4.69) is 21.1 Å². The summed E-state index contributed by atoms with van der Waals surface area (Å²) in [4.78, 5) is 17.9. The summed E-state index contributed by atoms with van der Waals surface area (Å²) >= 11 is 0. The first-order valence-electron chi connectivity index (χ1n) is 6.40. The monoisotopic (exact) mass is 267 g/mol. The maximum Gasteiger partial charge on any atom is 0.266 e. The summed E-state index contributed by atoms with van der Waals surface area (Å²) in [5.41, 5.74) is 0.502. The molecule has 0 unspecified atom stereocenters. The molecule has 1 fully saturated rings. The summed E-state index contributed by atoms with van der Waals surface area (Å²) in [6, 6.07) is 8.81. The highest BCUT2D eigenvalue weighted by Gasteiger charge is 2.29. The number of nitrogens with zero attached hydrogens (tertiary/aromatic N) is 5. The van der Waals surface area contributed by atoms with Crippen molar-refractivity contribution in [3.63, 3.8) is 0 Å². The number of nitriles is 1. The van der Waals surface area contributed by atoms with Gasteiger partial charge < -0.3 is 4.90 Å². The molecule has 3 rings (SSSR count). The number of hydrogen-bond donors (Lipinski definition) is 0. The van der Waals surface area contributed by atoms with E-state index in [1.165, 1.54) is 10.7 Å². The van der Waals surface area contributed by atoms with Crippen molar-refractivity contribution in [2.75, 3.05) is 18.0 Å². The first-order chi connectivity index (χ1) is 9.78. The lowest BCUT2D eigenvalue weighted by Gasteiger charge is -2.40. The van der Waals surface area contributed by atoms with Crippen LogP contribution in [0.25, 0.3) is 0 Å². The first-order valence-corrected chi connectivity index (χ1v) is 6.40. The van der Waals surface area contributed by atoms with Crippen molar-refractivity contribution in [2.45, 2.75) is 6.54 Å². The molecule has 0 atom stereocenters. The second-order valence-corrected chi connectivity index (χ2v) is 4.80. The number of aromatic nitrogens is 3. The van der Waals surface area contributed by atoms with Gasteiger partial charge in [0.2, 0.25) is 0 Å². The number of anilines is 1. The van der Waals surface area contributed by atoms with Gasteiger partial charge in [0.25, 0.3) is 5.56 Å². The Hall–Kier alpha value is -2.68. The molecule has 0 bridgehead atoms. The van der Waals surface area contributed by atoms with Gasteiger partial charge in [-0.05, 0) is 18.2 Å². The van der Waals surface area contributed by atoms with Gasteiger partial charge in [-0.15, -0.1) is 0 Å². The number of rotatable bonds is 3. The summed E-state index contributed by atoms with van der Waals surface area (Å²) < 4.78 is 1.48. The van der Waals surface area contributed by atoms with Crippen molar-refractivity contribution >= 4 is 5.82 Å². The highest BCUT2D eigenvalue weighted by molar-refractivity contribution is 5.54. The van der Waals surface area contributed by atoms with E-state index in [1.54, 1.807) is 30.6 Å². The second-order valence-electron chi connectivity index (χ2n) is 4.80. The first kappa shape index (κ1) is 12.4. The van der Waals surface area contributed by atoms with E-state index >= 15 is 0 Å². The molecule has 1 saturated heterocycles. The van der Waals surface area contributed by atoms with Crippen LogP contribution in [-0.2, 0) is 6.54 Å². The Balaban J connectivity index is 1.66. The second kappa shape index (κ2) is 5.13. The van der Waals surface area contributed by atoms with Gasteiger partial charge in [-0.3, -0.25) is 4.79 Å². The molecule has 1 aliphatic heterocycles. The molecule has 2 aromatic rings. The van der Waals surface area contributed by atoms with Crippen molar-refractivity contribution in [1.29, 1.82) is 5.26 Å². The molecule has 0 N–H and O–H groups in total. The average molecular weight is 267 g/mol. The molecule has 6 nitrogen and oxygen atoms in total. The summed E-state index contributed by atoms with van der Waals surface area (Å²) in [6.07, 6.45) is 3.30. The normalized spacial score (nSPS) is 14.7. The predicted molar refractivity (Wildman–Crippen MR) is 73.2 cm³/mol. The quantitative estimate of drug-likeness (QED) is 0.816. The lowest BCUT2D eigenvalue weighted by molar-refractivity contribution is 0.333. The molecule has 0 saturated carbocycles. The van der Waals surface area contributed by atoms with Crippen LogP contribution in [0.5, 0.6) is 0 Å². The molecule has 0 amide bonds. The van der Waals surface area contributed by atoms with Crippen molar-refractivity contribution < 1.29 is 0 Å². The van der Waals surface area contributed by atoms with Crippen LogP contribution in [0.4, 0.5) is 5.82 Å². The molecule has 6 heteroatoms. The van der Waals surface area contributed by atoms with Crippen LogP contribution in [0.3, 0.4) is 0 Å². The molecular formula is C14H13N5O. The Morgan fingerprint density at radius 1 is 1.30 bits per heavy atom. The van der Waals surface area contributed by atoms with Gasteiger partial charge in [-0.1, -0.05) is 0 Å². The molecular weight excluding hydrogens is 254 g/mol. The Labute approximate surface area is 115 Å². The Kier molecular flexibility index (Phi) is 3.17. The van der Waals surface area contributed by atoms with Gasteiger partial charge in [0.05, 0.1) is 12.1 Å². The standard InChI is InChI=1S/C14H13N5O/c15-7-12-3-1-5-16-14(12)18-8-11(9-18)10-19-13(20)4-2-6-17-19/h1-6,11H,8-10H2. The minimum Gasteiger partial charge on any atom is -0.355 e. The van der Waals surface area contributed by atoms with Crippen LogP contribution in [0.1, 0.15) is 5.56 Å². The third-order valence-electron chi connectivity index (χ3n) is 3.38. The van der Waals surface area contributed by atoms with Crippen molar-refractivity contribution in [2.24, 2.45) is 5.92 Å². The SMILES string of the molecule is N#Cc1cccnc1N1CC(Cn2ncccc2=O)C1. The summed E-state index contributed by atoms with van der Waals surface area (Å²) in [7, 11) is 0. The Morgan fingerprint density at radius 2 is 2.10 bits per heavy atom. The summed E-state index contributed by atoms with van der Waals surface area (Å²) in [6.45, 7) is 2.17. The maximum atomic E-state index is 11.6. The van der Waals surface area contributed by atoms with Gasteiger partial charge in [-0.25, -0.2) is 9.67 Å². The van der Waals surface area contributed by atoms with Crippen LogP contribution in [0.15, 0.2) is 41.5 Å². The van der Waals surface area contributed by atoms with Crippen LogP contribution in [0.2, 0.25) is 0 Å². The van der Waals surface area contributed by atoms with E-state index < -0.39 is 0 Å². The fourth-order valence-electron chi connectivity index (χ4n) is 2.36. The van der Waals surface area contributed by atoms with E-state index in [-0.39, 0.29) is 5.56 Å². The lowest BCUT2D eigenvalue weighted by atomic mass is 9.99. The smallest absolute Gasteiger partial charge is 0.266 e. The zero-order valence-electron chi connectivity index (χ0n) is 10.8. The Bertz CT molecular complexity index is 712. The largest absolute Gasteiger partial charge is 0.355 e. The van der Waals surface area contributed by atoms with E-state index in [0.717, 1.165) is 18.9 Å². The molecule has 0 aromatic carbocycles. The molecule has 0 spiro atoms. The molecule has 0 radical (unpaired) electrons. The zero-order chi connectivity index (χ0) is 13.9. The van der Waals surface area contributed by atoms with Crippen LogP contribution < -0.4 is 10.5 Å². The highest BCUT2D eigenvalue weighted by Crippen LogP contribution is 2.25. The fraction of sp³-hybridized carbons (Fsp3) is 0.286. The lowest BCUT2D eigenvalue weighted by Crippen LogP contribution is -2.50.